The van der Waals surface area contributed by atoms with Crippen molar-refractivity contribution in [2.75, 3.05) is 13.1 Å². The molecule has 5 nitrogen and oxygen atoms in total. The lowest BCUT2D eigenvalue weighted by atomic mass is 9.69. The minimum absolute atomic E-state index is 0.367. The second-order valence-electron chi connectivity index (χ2n) is 9.60. The first-order valence-electron chi connectivity index (χ1n) is 11.2. The van der Waals surface area contributed by atoms with Gasteiger partial charge in [0.2, 0.25) is 0 Å². The Morgan fingerprint density at radius 1 is 0.923 bits per heavy atom. The fourth-order valence-corrected chi connectivity index (χ4v) is 6.06. The summed E-state index contributed by atoms with van der Waals surface area (Å²) in [5, 5.41) is 13.2. The summed E-state index contributed by atoms with van der Waals surface area (Å²) in [5.74, 6) is 1.68. The number of hydrogen-bond acceptors (Lipinski definition) is 4. The monoisotopic (exact) mass is 359 g/mol. The summed E-state index contributed by atoms with van der Waals surface area (Å²) in [6.07, 6.45) is 16.4. The second kappa shape index (κ2) is 7.95. The molecule has 1 unspecified atom stereocenters. The fraction of sp³-hybridized carbons (Fsp3) is 0.952. The van der Waals surface area contributed by atoms with Crippen molar-refractivity contribution in [1.82, 2.24) is 25.1 Å². The van der Waals surface area contributed by atoms with Crippen LogP contribution in [-0.4, -0.2) is 38.2 Å². The molecule has 0 amide bonds. The van der Waals surface area contributed by atoms with Gasteiger partial charge in [-0.15, -0.1) is 5.10 Å². The molecule has 2 heterocycles. The third-order valence-electron chi connectivity index (χ3n) is 7.33. The number of rotatable bonds is 4. The molecule has 1 aromatic heterocycles. The minimum Gasteiger partial charge on any atom is -0.293 e. The fourth-order valence-electron chi connectivity index (χ4n) is 6.06. The van der Waals surface area contributed by atoms with E-state index in [-0.39, 0.29) is 0 Å². The highest BCUT2D eigenvalue weighted by molar-refractivity contribution is 5.01. The lowest BCUT2D eigenvalue weighted by Crippen LogP contribution is -2.47. The third-order valence-corrected chi connectivity index (χ3v) is 7.33. The van der Waals surface area contributed by atoms with E-state index in [9.17, 15) is 0 Å². The minimum atomic E-state index is 0.367. The predicted octanol–water partition coefficient (Wildman–Crippen LogP) is 4.92. The van der Waals surface area contributed by atoms with Gasteiger partial charge in [-0.1, -0.05) is 52.4 Å². The summed E-state index contributed by atoms with van der Waals surface area (Å²) in [6, 6.07) is 0.884. The molecule has 26 heavy (non-hydrogen) atoms. The molecular weight excluding hydrogens is 322 g/mol. The standard InChI is InChI=1S/C21H37N5/c1-17(2)19(20-22-23-24-26(20)18-10-5-3-6-11-18)25-15-9-14-21(16-25)12-7-4-8-13-21/h17-19H,3-16H2,1-2H3. The molecule has 2 aliphatic carbocycles. The number of aromatic nitrogens is 4. The first-order valence-corrected chi connectivity index (χ1v) is 11.2. The summed E-state index contributed by atoms with van der Waals surface area (Å²) < 4.78 is 2.21. The van der Waals surface area contributed by atoms with Crippen molar-refractivity contribution in [2.45, 2.75) is 103 Å². The van der Waals surface area contributed by atoms with Gasteiger partial charge >= 0.3 is 0 Å². The van der Waals surface area contributed by atoms with E-state index in [4.69, 9.17) is 0 Å². The van der Waals surface area contributed by atoms with Crippen molar-refractivity contribution >= 4 is 0 Å². The van der Waals surface area contributed by atoms with Gasteiger partial charge in [0.15, 0.2) is 5.82 Å². The lowest BCUT2D eigenvalue weighted by Gasteiger charge is -2.48. The molecule has 0 radical (unpaired) electrons. The molecule has 2 saturated carbocycles. The summed E-state index contributed by atoms with van der Waals surface area (Å²) in [5.41, 5.74) is 0.576. The number of tetrazole rings is 1. The summed E-state index contributed by atoms with van der Waals surface area (Å²) in [6.45, 7) is 7.18. The molecule has 0 bridgehead atoms. The first kappa shape index (κ1) is 18.4. The molecule has 1 saturated heterocycles. The van der Waals surface area contributed by atoms with Crippen LogP contribution in [0.25, 0.3) is 0 Å². The molecule has 3 fully saturated rings. The van der Waals surface area contributed by atoms with Crippen LogP contribution in [0.3, 0.4) is 0 Å². The highest BCUT2D eigenvalue weighted by Gasteiger charge is 2.41. The van der Waals surface area contributed by atoms with E-state index in [1.54, 1.807) is 0 Å². The zero-order valence-corrected chi connectivity index (χ0v) is 16.9. The van der Waals surface area contributed by atoms with Crippen molar-refractivity contribution in [2.24, 2.45) is 11.3 Å². The van der Waals surface area contributed by atoms with Gasteiger partial charge in [0.05, 0.1) is 12.1 Å². The Kier molecular flexibility index (Phi) is 5.63. The van der Waals surface area contributed by atoms with Gasteiger partial charge in [-0.3, -0.25) is 4.90 Å². The van der Waals surface area contributed by atoms with E-state index in [0.717, 1.165) is 5.82 Å². The molecule has 1 spiro atoms. The maximum atomic E-state index is 4.58. The van der Waals surface area contributed by atoms with Gasteiger partial charge in [-0.25, -0.2) is 4.68 Å². The van der Waals surface area contributed by atoms with E-state index in [1.165, 1.54) is 90.1 Å². The van der Waals surface area contributed by atoms with Gasteiger partial charge in [-0.05, 0) is 66.8 Å². The van der Waals surface area contributed by atoms with Gasteiger partial charge in [0, 0.05) is 6.54 Å². The van der Waals surface area contributed by atoms with Crippen LogP contribution in [0.1, 0.15) is 109 Å². The van der Waals surface area contributed by atoms with Crippen LogP contribution in [0.2, 0.25) is 0 Å². The van der Waals surface area contributed by atoms with Crippen molar-refractivity contribution in [3.63, 3.8) is 0 Å². The van der Waals surface area contributed by atoms with Gasteiger partial charge < -0.3 is 0 Å². The Hall–Kier alpha value is -0.970. The summed E-state index contributed by atoms with van der Waals surface area (Å²) >= 11 is 0. The van der Waals surface area contributed by atoms with E-state index in [2.05, 4.69) is 39.0 Å². The highest BCUT2D eigenvalue weighted by atomic mass is 15.6. The maximum Gasteiger partial charge on any atom is 0.168 e. The average molecular weight is 360 g/mol. The molecule has 0 N–H and O–H groups in total. The molecule has 0 aromatic carbocycles. The van der Waals surface area contributed by atoms with Crippen molar-refractivity contribution in [1.29, 1.82) is 0 Å². The van der Waals surface area contributed by atoms with Crippen molar-refractivity contribution in [3.8, 4) is 0 Å². The Bertz CT molecular complexity index is 563. The largest absolute Gasteiger partial charge is 0.293 e. The molecule has 3 aliphatic rings. The Morgan fingerprint density at radius 2 is 1.62 bits per heavy atom. The molecule has 1 aromatic rings. The smallest absolute Gasteiger partial charge is 0.168 e. The molecule has 5 heteroatoms. The van der Waals surface area contributed by atoms with Gasteiger partial charge in [0.25, 0.3) is 0 Å². The van der Waals surface area contributed by atoms with Crippen LogP contribution in [0, 0.1) is 11.3 Å². The maximum absolute atomic E-state index is 4.58. The quantitative estimate of drug-likeness (QED) is 0.765. The molecule has 1 aliphatic heterocycles. The van der Waals surface area contributed by atoms with Crippen molar-refractivity contribution in [3.05, 3.63) is 5.82 Å². The Labute approximate surface area is 158 Å². The second-order valence-corrected chi connectivity index (χ2v) is 9.60. The number of hydrogen-bond donors (Lipinski definition) is 0. The normalized spacial score (nSPS) is 26.4. The molecular formula is C21H37N5. The number of likely N-dealkylation sites (tertiary alicyclic amines) is 1. The number of piperidine rings is 1. The SMILES string of the molecule is CC(C)C(c1nnnn1C1CCCCC1)N1CCCC2(CCCCC2)C1. The van der Waals surface area contributed by atoms with Gasteiger partial charge in [-0.2, -0.15) is 0 Å². The predicted molar refractivity (Wildman–Crippen MR) is 104 cm³/mol. The van der Waals surface area contributed by atoms with Crippen LogP contribution in [0.5, 0.6) is 0 Å². The molecule has 4 rings (SSSR count). The van der Waals surface area contributed by atoms with Crippen LogP contribution in [0.15, 0.2) is 0 Å². The van der Waals surface area contributed by atoms with Crippen LogP contribution >= 0.6 is 0 Å². The lowest BCUT2D eigenvalue weighted by molar-refractivity contribution is 0.0103. The van der Waals surface area contributed by atoms with Crippen LogP contribution in [-0.2, 0) is 0 Å². The average Bonchev–Trinajstić information content (AvgIpc) is 3.12. The number of nitrogens with zero attached hydrogens (tertiary/aromatic N) is 5. The zero-order valence-electron chi connectivity index (χ0n) is 16.9. The summed E-state index contributed by atoms with van der Waals surface area (Å²) in [4.78, 5) is 2.75. The molecule has 146 valence electrons. The van der Waals surface area contributed by atoms with Crippen LogP contribution < -0.4 is 0 Å². The van der Waals surface area contributed by atoms with E-state index in [0.29, 0.717) is 23.4 Å². The third kappa shape index (κ3) is 3.69. The van der Waals surface area contributed by atoms with E-state index >= 15 is 0 Å². The Balaban J connectivity index is 1.57. The zero-order chi connectivity index (χ0) is 18.0. The van der Waals surface area contributed by atoms with Crippen molar-refractivity contribution < 1.29 is 0 Å². The van der Waals surface area contributed by atoms with Gasteiger partial charge in [0.1, 0.15) is 0 Å². The first-order chi connectivity index (χ1) is 12.7. The molecule has 1 atom stereocenters. The van der Waals surface area contributed by atoms with Crippen LogP contribution in [0.4, 0.5) is 0 Å². The van der Waals surface area contributed by atoms with E-state index in [1.807, 2.05) is 0 Å². The van der Waals surface area contributed by atoms with E-state index < -0.39 is 0 Å². The summed E-state index contributed by atoms with van der Waals surface area (Å²) in [7, 11) is 0. The highest BCUT2D eigenvalue weighted by Crippen LogP contribution is 2.46. The topological polar surface area (TPSA) is 46.8 Å². The Morgan fingerprint density at radius 3 is 2.35 bits per heavy atom.